The first-order chi connectivity index (χ1) is 14.5. The zero-order valence-corrected chi connectivity index (χ0v) is 18.3. The van der Waals surface area contributed by atoms with Gasteiger partial charge in [0.05, 0.1) is 34.4 Å². The lowest BCUT2D eigenvalue weighted by Crippen LogP contribution is -2.61. The number of halogens is 4. The van der Waals surface area contributed by atoms with E-state index >= 15 is 0 Å². The minimum absolute atomic E-state index is 0.0828. The molecule has 31 heavy (non-hydrogen) atoms. The third-order valence-electron chi connectivity index (χ3n) is 5.39. The molecule has 0 aromatic heterocycles. The fraction of sp³-hybridized carbons (Fsp3) is 0.316. The lowest BCUT2D eigenvalue weighted by molar-refractivity contribution is -0.137. The van der Waals surface area contributed by atoms with Crippen LogP contribution in [-0.4, -0.2) is 56.7 Å². The Morgan fingerprint density at radius 1 is 1.06 bits per heavy atom. The lowest BCUT2D eigenvalue weighted by Gasteiger charge is -2.48. The number of carbonyl (C=O) groups is 1. The van der Waals surface area contributed by atoms with Crippen LogP contribution in [0.15, 0.2) is 51.8 Å². The summed E-state index contributed by atoms with van der Waals surface area (Å²) in [6, 6.07) is 8.19. The molecule has 2 aliphatic rings. The molecule has 0 spiro atoms. The first kappa shape index (κ1) is 21.8. The molecule has 2 aromatic rings. The number of piperazine rings is 1. The molecule has 1 amide bonds. The summed E-state index contributed by atoms with van der Waals surface area (Å²) in [4.78, 5) is 14.1. The third kappa shape index (κ3) is 3.93. The van der Waals surface area contributed by atoms with Crippen LogP contribution in [0.3, 0.4) is 0 Å². The van der Waals surface area contributed by atoms with Crippen LogP contribution in [0, 0.1) is 0 Å². The maximum absolute atomic E-state index is 13.4. The second-order valence-electron chi connectivity index (χ2n) is 7.27. The van der Waals surface area contributed by atoms with Crippen LogP contribution in [0.5, 0.6) is 0 Å². The Hall–Kier alpha value is -2.47. The smallest absolute Gasteiger partial charge is 0.416 e. The lowest BCUT2D eigenvalue weighted by atomic mass is 10.1. The molecule has 1 fully saturated rings. The predicted molar refractivity (Wildman–Crippen MR) is 111 cm³/mol. The number of amides is 1. The number of carboxylic acid groups (broad SMARTS) is 1. The van der Waals surface area contributed by atoms with Gasteiger partial charge in [0, 0.05) is 24.1 Å². The van der Waals surface area contributed by atoms with E-state index in [1.807, 2.05) is 4.90 Å². The summed E-state index contributed by atoms with van der Waals surface area (Å²) < 4.78 is 68.0. The van der Waals surface area contributed by atoms with Crippen LogP contribution in [0.4, 0.5) is 29.3 Å². The molecule has 0 saturated carbocycles. The van der Waals surface area contributed by atoms with Gasteiger partial charge in [0.2, 0.25) is 0 Å². The molecule has 0 unspecified atom stereocenters. The molecule has 1 atom stereocenters. The van der Waals surface area contributed by atoms with Crippen LogP contribution in [0.2, 0.25) is 0 Å². The molecule has 4 rings (SSSR count). The van der Waals surface area contributed by atoms with Crippen LogP contribution in [0.25, 0.3) is 0 Å². The Morgan fingerprint density at radius 2 is 1.81 bits per heavy atom. The van der Waals surface area contributed by atoms with Crippen LogP contribution in [0.1, 0.15) is 5.56 Å². The monoisotopic (exact) mass is 519 g/mol. The summed E-state index contributed by atoms with van der Waals surface area (Å²) in [7, 11) is -4.34. The van der Waals surface area contributed by atoms with Gasteiger partial charge in [-0.2, -0.15) is 13.2 Å². The Balaban J connectivity index is 1.80. The Bertz CT molecular complexity index is 1140. The molecule has 166 valence electrons. The number of anilines is 2. The molecular weight excluding hydrogens is 503 g/mol. The van der Waals surface area contributed by atoms with Crippen molar-refractivity contribution in [3.63, 3.8) is 0 Å². The SMILES string of the molecule is O=C(O)N1CCN2c3ccc(Br)cc3N(S(=O)(=O)c3cccc(C(F)(F)F)c3)C[C@@H]2C1. The Morgan fingerprint density at radius 3 is 2.48 bits per heavy atom. The van der Waals surface area contributed by atoms with Crippen LogP contribution >= 0.6 is 15.9 Å². The van der Waals surface area contributed by atoms with Gasteiger partial charge in [0.25, 0.3) is 10.0 Å². The number of rotatable bonds is 2. The molecule has 2 heterocycles. The number of fused-ring (bicyclic) bond motifs is 3. The summed E-state index contributed by atoms with van der Waals surface area (Å²) in [6.45, 7) is 0.635. The number of nitrogens with zero attached hydrogens (tertiary/aromatic N) is 3. The Kier molecular flexibility index (Phi) is 5.32. The van der Waals surface area contributed by atoms with E-state index in [4.69, 9.17) is 0 Å². The molecule has 0 radical (unpaired) electrons. The van der Waals surface area contributed by atoms with Gasteiger partial charge >= 0.3 is 12.3 Å². The maximum atomic E-state index is 13.4. The minimum atomic E-state index is -4.68. The Labute approximate surface area is 184 Å². The van der Waals surface area contributed by atoms with Gasteiger partial charge in [-0.25, -0.2) is 13.2 Å². The molecule has 0 bridgehead atoms. The van der Waals surface area contributed by atoms with E-state index in [9.17, 15) is 31.5 Å². The van der Waals surface area contributed by atoms with Gasteiger partial charge in [-0.05, 0) is 36.4 Å². The van der Waals surface area contributed by atoms with Crippen molar-refractivity contribution in [2.45, 2.75) is 17.1 Å². The second-order valence-corrected chi connectivity index (χ2v) is 10.0. The highest BCUT2D eigenvalue weighted by molar-refractivity contribution is 9.10. The quantitative estimate of drug-likeness (QED) is 0.651. The highest BCUT2D eigenvalue weighted by Gasteiger charge is 2.41. The first-order valence-corrected chi connectivity index (χ1v) is 11.5. The standard InChI is InChI=1S/C19H17BrF3N3O4S/c20-13-4-5-16-17(9-13)26(11-14-10-24(18(27)28)6-7-25(14)16)31(29,30)15-3-1-2-12(8-15)19(21,22)23/h1-5,8-9,14H,6-7,10-11H2,(H,27,28)/t14-/m0/s1. The highest BCUT2D eigenvalue weighted by Crippen LogP contribution is 2.41. The average molecular weight is 520 g/mol. The number of benzene rings is 2. The molecule has 1 N–H and O–H groups in total. The topological polar surface area (TPSA) is 81.2 Å². The molecule has 2 aromatic carbocycles. The van der Waals surface area contributed by atoms with E-state index in [0.717, 1.165) is 22.5 Å². The molecule has 12 heteroatoms. The van der Waals surface area contributed by atoms with Crippen molar-refractivity contribution >= 4 is 43.4 Å². The largest absolute Gasteiger partial charge is 0.465 e. The van der Waals surface area contributed by atoms with Gasteiger partial charge < -0.3 is 14.9 Å². The molecule has 2 aliphatic heterocycles. The van der Waals surface area contributed by atoms with Crippen LogP contribution < -0.4 is 9.21 Å². The van der Waals surface area contributed by atoms with Gasteiger partial charge in [0.1, 0.15) is 0 Å². The fourth-order valence-electron chi connectivity index (χ4n) is 3.92. The van der Waals surface area contributed by atoms with E-state index in [2.05, 4.69) is 15.9 Å². The summed E-state index contributed by atoms with van der Waals surface area (Å²) in [6.07, 6.45) is -5.79. The summed E-state index contributed by atoms with van der Waals surface area (Å²) in [5.74, 6) is 0. The third-order valence-corrected chi connectivity index (χ3v) is 7.66. The number of hydrogen-bond acceptors (Lipinski definition) is 4. The number of alkyl halides is 3. The molecular formula is C19H17BrF3N3O4S. The fourth-order valence-corrected chi connectivity index (χ4v) is 5.82. The van der Waals surface area contributed by atoms with E-state index in [-0.39, 0.29) is 19.6 Å². The average Bonchev–Trinajstić information content (AvgIpc) is 2.71. The number of sulfonamides is 1. The first-order valence-electron chi connectivity index (χ1n) is 9.22. The van der Waals surface area contributed by atoms with Crippen molar-refractivity contribution < 1.29 is 31.5 Å². The van der Waals surface area contributed by atoms with Crippen molar-refractivity contribution in [2.75, 3.05) is 35.4 Å². The zero-order chi connectivity index (χ0) is 22.6. The second kappa shape index (κ2) is 7.59. The van der Waals surface area contributed by atoms with Gasteiger partial charge in [-0.15, -0.1) is 0 Å². The predicted octanol–water partition coefficient (Wildman–Crippen LogP) is 3.85. The van der Waals surface area contributed by atoms with Crippen molar-refractivity contribution in [1.29, 1.82) is 0 Å². The van der Waals surface area contributed by atoms with E-state index < -0.39 is 38.8 Å². The van der Waals surface area contributed by atoms with E-state index in [1.165, 1.54) is 4.90 Å². The number of hydrogen-bond donors (Lipinski definition) is 1. The van der Waals surface area contributed by atoms with E-state index in [1.54, 1.807) is 18.2 Å². The highest BCUT2D eigenvalue weighted by atomic mass is 79.9. The van der Waals surface area contributed by atoms with Gasteiger partial charge in [-0.3, -0.25) is 4.31 Å². The van der Waals surface area contributed by atoms with Gasteiger partial charge in [-0.1, -0.05) is 22.0 Å². The van der Waals surface area contributed by atoms with Crippen molar-refractivity contribution in [2.24, 2.45) is 0 Å². The summed E-state index contributed by atoms with van der Waals surface area (Å²) >= 11 is 3.32. The van der Waals surface area contributed by atoms with Gasteiger partial charge in [0.15, 0.2) is 0 Å². The van der Waals surface area contributed by atoms with Crippen molar-refractivity contribution in [3.8, 4) is 0 Å². The van der Waals surface area contributed by atoms with Crippen molar-refractivity contribution in [3.05, 3.63) is 52.5 Å². The molecule has 7 nitrogen and oxygen atoms in total. The maximum Gasteiger partial charge on any atom is 0.416 e. The van der Waals surface area contributed by atoms with E-state index in [0.29, 0.717) is 28.5 Å². The summed E-state index contributed by atoms with van der Waals surface area (Å²) in [5.41, 5.74) is -0.150. The van der Waals surface area contributed by atoms with Crippen molar-refractivity contribution in [1.82, 2.24) is 4.90 Å². The normalized spacial score (nSPS) is 19.1. The van der Waals surface area contributed by atoms with Crippen LogP contribution in [-0.2, 0) is 16.2 Å². The minimum Gasteiger partial charge on any atom is -0.465 e. The molecule has 1 saturated heterocycles. The molecule has 0 aliphatic carbocycles. The zero-order valence-electron chi connectivity index (χ0n) is 15.9. The summed E-state index contributed by atoms with van der Waals surface area (Å²) in [5, 5.41) is 9.33.